The topological polar surface area (TPSA) is 17.3 Å². The summed E-state index contributed by atoms with van der Waals surface area (Å²) in [6.45, 7) is 2.07. The second kappa shape index (κ2) is 2.48. The van der Waals surface area contributed by atoms with E-state index in [-0.39, 0.29) is 0 Å². The zero-order valence-corrected chi connectivity index (χ0v) is 8.24. The molecule has 0 saturated heterocycles. The lowest BCUT2D eigenvalue weighted by atomic mass is 10.3. The van der Waals surface area contributed by atoms with E-state index in [9.17, 15) is 0 Å². The second-order valence-electron chi connectivity index (χ2n) is 2.53. The molecule has 3 heteroatoms. The number of pyridine rings is 1. The van der Waals surface area contributed by atoms with E-state index in [1.807, 2.05) is 16.8 Å². The third-order valence-electron chi connectivity index (χ3n) is 1.59. The van der Waals surface area contributed by atoms with E-state index in [1.165, 1.54) is 5.56 Å². The van der Waals surface area contributed by atoms with Crippen molar-refractivity contribution in [2.75, 3.05) is 0 Å². The first-order chi connectivity index (χ1) is 5.25. The maximum absolute atomic E-state index is 4.32. The van der Waals surface area contributed by atoms with Crippen LogP contribution in [0.2, 0.25) is 0 Å². The first-order valence-corrected chi connectivity index (χ1v) is 4.44. The monoisotopic (exact) mass is 258 g/mol. The molecule has 0 saturated carbocycles. The van der Waals surface area contributed by atoms with Gasteiger partial charge in [-0.3, -0.25) is 0 Å². The highest BCUT2D eigenvalue weighted by Crippen LogP contribution is 2.08. The lowest BCUT2D eigenvalue weighted by Gasteiger charge is -1.92. The van der Waals surface area contributed by atoms with E-state index in [2.05, 4.69) is 46.6 Å². The average Bonchev–Trinajstić information content (AvgIpc) is 2.27. The molecular formula is C8H7IN2. The third-order valence-corrected chi connectivity index (χ3v) is 2.11. The molecule has 0 aromatic carbocycles. The molecule has 0 aliphatic heterocycles. The van der Waals surface area contributed by atoms with Gasteiger partial charge in [0.25, 0.3) is 0 Å². The van der Waals surface area contributed by atoms with Gasteiger partial charge in [0.1, 0.15) is 9.35 Å². The molecule has 2 nitrogen and oxygen atoms in total. The smallest absolute Gasteiger partial charge is 0.138 e. The Bertz CT molecular complexity index is 392. The average molecular weight is 258 g/mol. The fourth-order valence-corrected chi connectivity index (χ4v) is 1.60. The summed E-state index contributed by atoms with van der Waals surface area (Å²) in [6, 6.07) is 4.15. The van der Waals surface area contributed by atoms with Gasteiger partial charge in [0.2, 0.25) is 0 Å². The van der Waals surface area contributed by atoms with Gasteiger partial charge in [0.15, 0.2) is 0 Å². The Labute approximate surface area is 78.4 Å². The molecule has 0 N–H and O–H groups in total. The summed E-state index contributed by atoms with van der Waals surface area (Å²) >= 11 is 2.21. The molecule has 0 bridgehead atoms. The number of aryl methyl sites for hydroxylation is 1. The SMILES string of the molecule is Cc1ccn2cc(I)nc2c1. The van der Waals surface area contributed by atoms with Crippen molar-refractivity contribution in [2.45, 2.75) is 6.92 Å². The van der Waals surface area contributed by atoms with Gasteiger partial charge < -0.3 is 4.40 Å². The van der Waals surface area contributed by atoms with Crippen LogP contribution in [-0.2, 0) is 0 Å². The largest absolute Gasteiger partial charge is 0.306 e. The lowest BCUT2D eigenvalue weighted by molar-refractivity contribution is 1.17. The van der Waals surface area contributed by atoms with Crippen LogP contribution in [0.4, 0.5) is 0 Å². The fraction of sp³-hybridized carbons (Fsp3) is 0.125. The Balaban J connectivity index is 2.82. The van der Waals surface area contributed by atoms with Crippen molar-refractivity contribution in [2.24, 2.45) is 0 Å². The van der Waals surface area contributed by atoms with Crippen LogP contribution in [0.25, 0.3) is 5.65 Å². The molecular weight excluding hydrogens is 251 g/mol. The quantitative estimate of drug-likeness (QED) is 0.662. The van der Waals surface area contributed by atoms with Gasteiger partial charge in [-0.1, -0.05) is 0 Å². The molecule has 0 unspecified atom stereocenters. The van der Waals surface area contributed by atoms with Crippen molar-refractivity contribution >= 4 is 28.2 Å². The van der Waals surface area contributed by atoms with Crippen molar-refractivity contribution in [3.63, 3.8) is 0 Å². The van der Waals surface area contributed by atoms with Crippen LogP contribution in [0.15, 0.2) is 24.5 Å². The second-order valence-corrected chi connectivity index (χ2v) is 3.64. The molecule has 2 heterocycles. The fourth-order valence-electron chi connectivity index (χ4n) is 1.05. The van der Waals surface area contributed by atoms with Crippen LogP contribution in [0.5, 0.6) is 0 Å². The van der Waals surface area contributed by atoms with E-state index in [4.69, 9.17) is 0 Å². The number of hydrogen-bond donors (Lipinski definition) is 0. The first kappa shape index (κ1) is 7.09. The Kier molecular flexibility index (Phi) is 1.60. The summed E-state index contributed by atoms with van der Waals surface area (Å²) in [5.74, 6) is 0. The molecule has 0 radical (unpaired) electrons. The van der Waals surface area contributed by atoms with E-state index >= 15 is 0 Å². The molecule has 0 spiro atoms. The maximum atomic E-state index is 4.32. The Morgan fingerprint density at radius 2 is 2.36 bits per heavy atom. The standard InChI is InChI=1S/C8H7IN2/c1-6-2-3-11-5-7(9)10-8(11)4-6/h2-5H,1H3. The van der Waals surface area contributed by atoms with E-state index < -0.39 is 0 Å². The number of halogens is 1. The Hall–Kier alpha value is -0.580. The minimum Gasteiger partial charge on any atom is -0.306 e. The van der Waals surface area contributed by atoms with Crippen LogP contribution in [0.3, 0.4) is 0 Å². The highest BCUT2D eigenvalue weighted by atomic mass is 127. The lowest BCUT2D eigenvalue weighted by Crippen LogP contribution is -1.81. The molecule has 0 aliphatic carbocycles. The summed E-state index contributed by atoms with van der Waals surface area (Å²) in [5.41, 5.74) is 2.27. The van der Waals surface area contributed by atoms with Gasteiger partial charge in [0.05, 0.1) is 0 Å². The summed E-state index contributed by atoms with van der Waals surface area (Å²) in [4.78, 5) is 4.32. The van der Waals surface area contributed by atoms with E-state index in [0.29, 0.717) is 0 Å². The van der Waals surface area contributed by atoms with Gasteiger partial charge in [-0.15, -0.1) is 0 Å². The number of fused-ring (bicyclic) bond motifs is 1. The van der Waals surface area contributed by atoms with Crippen LogP contribution in [0.1, 0.15) is 5.56 Å². The van der Waals surface area contributed by atoms with Crippen LogP contribution in [-0.4, -0.2) is 9.38 Å². The Morgan fingerprint density at radius 3 is 3.18 bits per heavy atom. The summed E-state index contributed by atoms with van der Waals surface area (Å²) in [7, 11) is 0. The number of imidazole rings is 1. The number of nitrogens with zero attached hydrogens (tertiary/aromatic N) is 2. The van der Waals surface area contributed by atoms with Crippen molar-refractivity contribution < 1.29 is 0 Å². The molecule has 0 amide bonds. The van der Waals surface area contributed by atoms with Crippen molar-refractivity contribution in [1.29, 1.82) is 0 Å². The number of hydrogen-bond acceptors (Lipinski definition) is 1. The molecule has 2 aromatic heterocycles. The van der Waals surface area contributed by atoms with E-state index in [1.54, 1.807) is 0 Å². The molecule has 56 valence electrons. The highest BCUT2D eigenvalue weighted by Gasteiger charge is 1.96. The molecule has 11 heavy (non-hydrogen) atoms. The van der Waals surface area contributed by atoms with Crippen molar-refractivity contribution in [3.05, 3.63) is 33.8 Å². The first-order valence-electron chi connectivity index (χ1n) is 3.36. The number of rotatable bonds is 0. The minimum atomic E-state index is 1.02. The van der Waals surface area contributed by atoms with Crippen molar-refractivity contribution in [3.8, 4) is 0 Å². The van der Waals surface area contributed by atoms with Gasteiger partial charge >= 0.3 is 0 Å². The molecule has 0 aliphatic rings. The van der Waals surface area contributed by atoms with Gasteiger partial charge in [-0.05, 0) is 47.2 Å². The summed E-state index contributed by atoms with van der Waals surface area (Å²) < 4.78 is 3.06. The molecule has 0 fully saturated rings. The predicted molar refractivity (Wildman–Crippen MR) is 52.6 cm³/mol. The summed E-state index contributed by atoms with van der Waals surface area (Å²) in [6.07, 6.45) is 4.04. The number of aromatic nitrogens is 2. The minimum absolute atomic E-state index is 1.02. The maximum Gasteiger partial charge on any atom is 0.138 e. The molecule has 2 rings (SSSR count). The Morgan fingerprint density at radius 1 is 1.55 bits per heavy atom. The summed E-state index contributed by atoms with van der Waals surface area (Å²) in [5, 5.41) is 0. The van der Waals surface area contributed by atoms with Crippen molar-refractivity contribution in [1.82, 2.24) is 9.38 Å². The third kappa shape index (κ3) is 1.24. The predicted octanol–water partition coefficient (Wildman–Crippen LogP) is 2.25. The van der Waals surface area contributed by atoms with Gasteiger partial charge in [-0.25, -0.2) is 4.98 Å². The van der Waals surface area contributed by atoms with Gasteiger partial charge in [-0.2, -0.15) is 0 Å². The zero-order chi connectivity index (χ0) is 7.84. The molecule has 0 atom stereocenters. The van der Waals surface area contributed by atoms with E-state index in [0.717, 1.165) is 9.35 Å². The molecule has 2 aromatic rings. The van der Waals surface area contributed by atoms with Crippen LogP contribution in [0, 0.1) is 10.6 Å². The highest BCUT2D eigenvalue weighted by molar-refractivity contribution is 14.1. The van der Waals surface area contributed by atoms with Crippen LogP contribution >= 0.6 is 22.6 Å². The normalized spacial score (nSPS) is 10.7. The zero-order valence-electron chi connectivity index (χ0n) is 6.08. The van der Waals surface area contributed by atoms with Gasteiger partial charge in [0, 0.05) is 12.4 Å². The van der Waals surface area contributed by atoms with Crippen LogP contribution < -0.4 is 0 Å².